The summed E-state index contributed by atoms with van der Waals surface area (Å²) in [5.41, 5.74) is 3.00. The van der Waals surface area contributed by atoms with Crippen molar-refractivity contribution in [2.75, 3.05) is 12.4 Å². The Morgan fingerprint density at radius 3 is 2.83 bits per heavy atom. The van der Waals surface area contributed by atoms with Crippen molar-refractivity contribution >= 4 is 72.2 Å². The van der Waals surface area contributed by atoms with Crippen LogP contribution in [0.2, 0.25) is 5.02 Å². The van der Waals surface area contributed by atoms with Crippen LogP contribution in [0.25, 0.3) is 31.8 Å². The molecule has 6 rings (SSSR count). The number of carboxylic acids is 1. The van der Waals surface area contributed by atoms with Crippen LogP contribution in [0, 0.1) is 6.92 Å². The van der Waals surface area contributed by atoms with E-state index in [1.165, 1.54) is 10.3 Å². The smallest absolute Gasteiger partial charge is 0.335 e. The van der Waals surface area contributed by atoms with Gasteiger partial charge in [-0.1, -0.05) is 17.7 Å². The summed E-state index contributed by atoms with van der Waals surface area (Å²) in [6, 6.07) is 12.9. The summed E-state index contributed by atoms with van der Waals surface area (Å²) >= 11 is 7.95. The second kappa shape index (κ2) is 8.18. The number of aromatic carboxylic acids is 1. The predicted molar refractivity (Wildman–Crippen MR) is 142 cm³/mol. The number of rotatable bonds is 4. The highest BCUT2D eigenvalue weighted by Gasteiger charge is 2.28. The van der Waals surface area contributed by atoms with E-state index in [1.807, 2.05) is 30.3 Å². The van der Waals surface area contributed by atoms with Crippen LogP contribution >= 0.6 is 22.9 Å². The number of hydrazone groups is 1. The van der Waals surface area contributed by atoms with Gasteiger partial charge in [0.05, 0.1) is 21.7 Å². The van der Waals surface area contributed by atoms with Crippen molar-refractivity contribution in [2.24, 2.45) is 5.10 Å². The predicted octanol–water partition coefficient (Wildman–Crippen LogP) is 6.14. The Kier molecular flexibility index (Phi) is 5.09. The molecule has 0 saturated carbocycles. The van der Waals surface area contributed by atoms with E-state index in [1.54, 1.807) is 41.9 Å². The largest absolute Gasteiger partial charge is 0.478 e. The van der Waals surface area contributed by atoms with Gasteiger partial charge in [-0.15, -0.1) is 11.3 Å². The number of nitrogens with zero attached hydrogens (tertiary/aromatic N) is 4. The number of anilines is 1. The topological polar surface area (TPSA) is 90.7 Å². The number of halogens is 1. The second-order valence-electron chi connectivity index (χ2n) is 8.60. The van der Waals surface area contributed by atoms with Crippen molar-refractivity contribution in [3.05, 3.63) is 75.9 Å². The molecule has 5 aromatic rings. The highest BCUT2D eigenvalue weighted by Crippen LogP contribution is 2.36. The summed E-state index contributed by atoms with van der Waals surface area (Å²) in [5, 5.41) is 24.3. The SMILES string of the molecule is Cc1c(C2=NN(C)C(Nc3nc4cc(C(=O)O)ccc4c4cnccc34)C2)sc2ccc(Cl)cc12. The zero-order valence-corrected chi connectivity index (χ0v) is 20.5. The molecule has 3 aromatic heterocycles. The fourth-order valence-corrected chi connectivity index (χ4v) is 5.97. The quantitative estimate of drug-likeness (QED) is 0.288. The van der Waals surface area contributed by atoms with E-state index >= 15 is 0 Å². The van der Waals surface area contributed by atoms with E-state index in [2.05, 4.69) is 23.3 Å². The van der Waals surface area contributed by atoms with E-state index in [0.29, 0.717) is 17.8 Å². The van der Waals surface area contributed by atoms with Crippen LogP contribution in [-0.4, -0.2) is 45.0 Å². The molecular formula is C26H20ClN5O2S. The average Bonchev–Trinajstić information content (AvgIpc) is 3.37. The summed E-state index contributed by atoms with van der Waals surface area (Å²) < 4.78 is 1.19. The second-order valence-corrected chi connectivity index (χ2v) is 10.1. The van der Waals surface area contributed by atoms with Gasteiger partial charge in [0, 0.05) is 51.7 Å². The summed E-state index contributed by atoms with van der Waals surface area (Å²) in [7, 11) is 1.94. The lowest BCUT2D eigenvalue weighted by Crippen LogP contribution is -2.31. The molecule has 174 valence electrons. The molecule has 0 saturated heterocycles. The minimum atomic E-state index is -0.983. The van der Waals surface area contributed by atoms with Crippen LogP contribution in [0.15, 0.2) is 60.0 Å². The van der Waals surface area contributed by atoms with Crippen LogP contribution in [0.3, 0.4) is 0 Å². The third-order valence-corrected chi connectivity index (χ3v) is 7.98. The molecule has 1 unspecified atom stereocenters. The highest BCUT2D eigenvalue weighted by molar-refractivity contribution is 7.21. The van der Waals surface area contributed by atoms with Gasteiger partial charge in [-0.2, -0.15) is 5.10 Å². The maximum Gasteiger partial charge on any atom is 0.335 e. The molecule has 2 aromatic carbocycles. The number of nitrogens with one attached hydrogen (secondary N) is 1. The first-order chi connectivity index (χ1) is 16.9. The third-order valence-electron chi connectivity index (χ3n) is 6.42. The van der Waals surface area contributed by atoms with Crippen molar-refractivity contribution in [3.63, 3.8) is 0 Å². The van der Waals surface area contributed by atoms with E-state index in [4.69, 9.17) is 21.7 Å². The van der Waals surface area contributed by atoms with Crippen molar-refractivity contribution in [3.8, 4) is 0 Å². The Hall–Kier alpha value is -3.75. The molecule has 4 heterocycles. The minimum Gasteiger partial charge on any atom is -0.478 e. The zero-order chi connectivity index (χ0) is 24.3. The monoisotopic (exact) mass is 501 g/mol. The maximum atomic E-state index is 11.5. The molecular weight excluding hydrogens is 482 g/mol. The Balaban J connectivity index is 1.37. The van der Waals surface area contributed by atoms with Crippen LogP contribution in [0.4, 0.5) is 5.82 Å². The lowest BCUT2D eigenvalue weighted by molar-refractivity contribution is 0.0697. The molecule has 1 atom stereocenters. The highest BCUT2D eigenvalue weighted by atomic mass is 35.5. The van der Waals surface area contributed by atoms with E-state index in [0.717, 1.165) is 37.2 Å². The summed E-state index contributed by atoms with van der Waals surface area (Å²) in [5.74, 6) is -0.311. The fraction of sp³-hybridized carbons (Fsp3) is 0.154. The molecule has 1 aliphatic rings. The Morgan fingerprint density at radius 2 is 2.00 bits per heavy atom. The first kappa shape index (κ1) is 21.8. The molecule has 2 N–H and O–H groups in total. The van der Waals surface area contributed by atoms with Gasteiger partial charge in [-0.3, -0.25) is 9.99 Å². The number of aromatic nitrogens is 2. The number of aryl methyl sites for hydroxylation is 1. The van der Waals surface area contributed by atoms with Crippen molar-refractivity contribution in [1.82, 2.24) is 15.0 Å². The zero-order valence-electron chi connectivity index (χ0n) is 18.9. The first-order valence-electron chi connectivity index (χ1n) is 11.1. The fourth-order valence-electron chi connectivity index (χ4n) is 4.62. The molecule has 7 nitrogen and oxygen atoms in total. The molecule has 0 fully saturated rings. The number of hydrogen-bond acceptors (Lipinski definition) is 7. The van der Waals surface area contributed by atoms with E-state index in [9.17, 15) is 9.90 Å². The van der Waals surface area contributed by atoms with Crippen molar-refractivity contribution < 1.29 is 9.90 Å². The van der Waals surface area contributed by atoms with Crippen LogP contribution in [-0.2, 0) is 0 Å². The van der Waals surface area contributed by atoms with Gasteiger partial charge in [-0.25, -0.2) is 9.78 Å². The molecule has 0 aliphatic carbocycles. The Bertz CT molecular complexity index is 1700. The Morgan fingerprint density at radius 1 is 1.14 bits per heavy atom. The standard InChI is InChI=1S/C26H20ClN5O2S/c1-13-18-10-15(27)4-6-22(18)35-24(13)21-11-23(32(2)31-21)30-25-17-7-8-28-12-19(17)16-5-3-14(26(33)34)9-20(16)29-25/h3-10,12,23H,11H2,1-2H3,(H,29,30)(H,33,34). The van der Waals surface area contributed by atoms with Gasteiger partial charge >= 0.3 is 5.97 Å². The van der Waals surface area contributed by atoms with Crippen molar-refractivity contribution in [1.29, 1.82) is 0 Å². The van der Waals surface area contributed by atoms with Gasteiger partial charge in [0.25, 0.3) is 0 Å². The van der Waals surface area contributed by atoms with Gasteiger partial charge in [0.2, 0.25) is 0 Å². The number of thiophene rings is 1. The number of carbonyl (C=O) groups is 1. The number of hydrogen-bond donors (Lipinski definition) is 2. The minimum absolute atomic E-state index is 0.109. The van der Waals surface area contributed by atoms with Crippen molar-refractivity contribution in [2.45, 2.75) is 19.5 Å². The summed E-state index contributed by atoms with van der Waals surface area (Å²) in [4.78, 5) is 21.8. The molecule has 0 radical (unpaired) electrons. The third kappa shape index (κ3) is 3.66. The molecule has 0 spiro atoms. The molecule has 0 amide bonds. The lowest BCUT2D eigenvalue weighted by Gasteiger charge is -2.22. The molecule has 0 bridgehead atoms. The van der Waals surface area contributed by atoms with Crippen LogP contribution in [0.5, 0.6) is 0 Å². The molecule has 35 heavy (non-hydrogen) atoms. The van der Waals surface area contributed by atoms with Gasteiger partial charge < -0.3 is 10.4 Å². The maximum absolute atomic E-state index is 11.5. The Labute approximate surface area is 209 Å². The van der Waals surface area contributed by atoms with E-state index < -0.39 is 5.97 Å². The average molecular weight is 502 g/mol. The number of pyridine rings is 2. The number of benzene rings is 2. The lowest BCUT2D eigenvalue weighted by atomic mass is 10.1. The number of carboxylic acid groups (broad SMARTS) is 1. The van der Waals surface area contributed by atoms with Gasteiger partial charge in [0.15, 0.2) is 0 Å². The first-order valence-corrected chi connectivity index (χ1v) is 12.2. The summed E-state index contributed by atoms with van der Waals surface area (Å²) in [6.45, 7) is 2.11. The summed E-state index contributed by atoms with van der Waals surface area (Å²) in [6.07, 6.45) is 4.11. The van der Waals surface area contributed by atoms with Crippen LogP contribution in [0.1, 0.15) is 27.2 Å². The molecule has 1 aliphatic heterocycles. The normalized spacial score (nSPS) is 15.8. The van der Waals surface area contributed by atoms with E-state index in [-0.39, 0.29) is 11.7 Å². The van der Waals surface area contributed by atoms with Gasteiger partial charge in [-0.05, 0) is 54.3 Å². The van der Waals surface area contributed by atoms with Crippen LogP contribution < -0.4 is 5.32 Å². The van der Waals surface area contributed by atoms with Gasteiger partial charge in [0.1, 0.15) is 12.0 Å². The molecule has 9 heteroatoms. The number of fused-ring (bicyclic) bond motifs is 4.